The number of anilines is 6. The second kappa shape index (κ2) is 12.4. The maximum atomic E-state index is 2.44. The predicted molar refractivity (Wildman–Crippen MR) is 245 cm³/mol. The fourth-order valence-corrected chi connectivity index (χ4v) is 11.0. The maximum absolute atomic E-state index is 2.44. The molecule has 0 atom stereocenters. The van der Waals surface area contributed by atoms with Crippen LogP contribution < -0.4 is 9.80 Å². The van der Waals surface area contributed by atoms with Crippen LogP contribution in [0, 0.1) is 0 Å². The summed E-state index contributed by atoms with van der Waals surface area (Å²) in [5.74, 6) is 0. The SMILES string of the molecule is c1ccc(N(c2ccc3sc4ccccc4c3c2)c2ccc3ccc4c(N(c5ccccc5)c5ccc6sc7ccccc7c6c5)ccc5ccc2c3c54)cc1. The number of para-hydroxylation sites is 2. The van der Waals surface area contributed by atoms with E-state index in [1.165, 1.54) is 72.7 Å². The van der Waals surface area contributed by atoms with E-state index >= 15 is 0 Å². The van der Waals surface area contributed by atoms with Crippen LogP contribution in [0.15, 0.2) is 194 Å². The van der Waals surface area contributed by atoms with Crippen LogP contribution in [0.25, 0.3) is 72.7 Å². The summed E-state index contributed by atoms with van der Waals surface area (Å²) in [6, 6.07) is 71.6. The summed E-state index contributed by atoms with van der Waals surface area (Å²) < 4.78 is 5.25. The number of hydrogen-bond acceptors (Lipinski definition) is 4. The van der Waals surface area contributed by atoms with Gasteiger partial charge in [0.2, 0.25) is 0 Å². The van der Waals surface area contributed by atoms with E-state index in [-0.39, 0.29) is 0 Å². The molecule has 2 heterocycles. The minimum absolute atomic E-state index is 1.13. The highest BCUT2D eigenvalue weighted by molar-refractivity contribution is 7.26. The Morgan fingerprint density at radius 2 is 0.661 bits per heavy atom. The largest absolute Gasteiger partial charge is 0.310 e. The van der Waals surface area contributed by atoms with E-state index in [4.69, 9.17) is 0 Å². The van der Waals surface area contributed by atoms with Crippen LogP contribution in [-0.2, 0) is 0 Å². The zero-order valence-corrected chi connectivity index (χ0v) is 31.8. The minimum Gasteiger partial charge on any atom is -0.310 e. The van der Waals surface area contributed by atoms with Gasteiger partial charge in [-0.3, -0.25) is 0 Å². The van der Waals surface area contributed by atoms with Crippen LogP contribution in [-0.4, -0.2) is 0 Å². The first kappa shape index (κ1) is 31.6. The monoisotopic (exact) mass is 748 g/mol. The van der Waals surface area contributed by atoms with Crippen molar-refractivity contribution in [2.24, 2.45) is 0 Å². The Balaban J connectivity index is 1.10. The van der Waals surface area contributed by atoms with Gasteiger partial charge < -0.3 is 9.80 Å². The molecule has 4 heteroatoms. The van der Waals surface area contributed by atoms with Crippen molar-refractivity contribution in [3.05, 3.63) is 194 Å². The molecule has 0 saturated carbocycles. The minimum atomic E-state index is 1.13. The van der Waals surface area contributed by atoms with Gasteiger partial charge in [0.25, 0.3) is 0 Å². The van der Waals surface area contributed by atoms with Gasteiger partial charge in [0.05, 0.1) is 11.4 Å². The van der Waals surface area contributed by atoms with Crippen LogP contribution in [0.3, 0.4) is 0 Å². The molecular formula is C52H32N2S2. The third kappa shape index (κ3) is 4.80. The molecule has 0 aliphatic rings. The van der Waals surface area contributed by atoms with Gasteiger partial charge in [-0.25, -0.2) is 0 Å². The van der Waals surface area contributed by atoms with Gasteiger partial charge >= 0.3 is 0 Å². The standard InChI is InChI=1S/C52H32N2S2/c1-3-11-35(12-4-1)53(37-23-29-49-43(31-37)39-15-7-9-17-47(39)55-49)45-27-21-33-20-26-42-46(28-22-34-19-25-41(45)51(33)52(34)42)54(36-13-5-2-6-14-36)38-24-30-50-44(32-38)40-16-8-10-18-48(40)56-50/h1-32H. The fraction of sp³-hybridized carbons (Fsp3) is 0. The van der Waals surface area contributed by atoms with Crippen molar-refractivity contribution in [2.75, 3.05) is 9.80 Å². The fourth-order valence-electron chi connectivity index (χ4n) is 8.88. The molecule has 0 fully saturated rings. The van der Waals surface area contributed by atoms with E-state index in [9.17, 15) is 0 Å². The van der Waals surface area contributed by atoms with Gasteiger partial charge in [0.1, 0.15) is 0 Å². The van der Waals surface area contributed by atoms with Crippen molar-refractivity contribution in [3.63, 3.8) is 0 Å². The summed E-state index contributed by atoms with van der Waals surface area (Å²) in [4.78, 5) is 4.88. The maximum Gasteiger partial charge on any atom is 0.0540 e. The van der Waals surface area contributed by atoms with Crippen LogP contribution in [0.2, 0.25) is 0 Å². The molecule has 0 spiro atoms. The Labute approximate surface area is 331 Å². The number of hydrogen-bond donors (Lipinski definition) is 0. The van der Waals surface area contributed by atoms with E-state index < -0.39 is 0 Å². The smallest absolute Gasteiger partial charge is 0.0540 e. The first-order chi connectivity index (χ1) is 27.8. The Morgan fingerprint density at radius 1 is 0.268 bits per heavy atom. The lowest BCUT2D eigenvalue weighted by molar-refractivity contribution is 1.30. The van der Waals surface area contributed by atoms with Gasteiger partial charge in [0.15, 0.2) is 0 Å². The van der Waals surface area contributed by atoms with Crippen LogP contribution in [0.5, 0.6) is 0 Å². The number of rotatable bonds is 6. The molecule has 12 rings (SSSR count). The number of thiophene rings is 2. The molecule has 0 unspecified atom stereocenters. The lowest BCUT2D eigenvalue weighted by Crippen LogP contribution is -2.11. The van der Waals surface area contributed by atoms with Gasteiger partial charge in [0, 0.05) is 73.9 Å². The summed E-state index contributed by atoms with van der Waals surface area (Å²) in [6.07, 6.45) is 0. The van der Waals surface area contributed by atoms with Crippen molar-refractivity contribution >= 4 is 129 Å². The topological polar surface area (TPSA) is 6.48 Å². The number of fused-ring (bicyclic) bond motifs is 6. The number of benzene rings is 10. The highest BCUT2D eigenvalue weighted by Gasteiger charge is 2.22. The Bertz CT molecular complexity index is 3210. The van der Waals surface area contributed by atoms with E-state index in [0.717, 1.165) is 34.1 Å². The normalized spacial score (nSPS) is 11.9. The molecule has 12 aromatic rings. The molecule has 0 aliphatic carbocycles. The molecular weight excluding hydrogens is 717 g/mol. The van der Waals surface area contributed by atoms with E-state index in [0.29, 0.717) is 0 Å². The molecule has 2 aromatic heterocycles. The quantitative estimate of drug-likeness (QED) is 0.156. The van der Waals surface area contributed by atoms with Crippen molar-refractivity contribution in [1.29, 1.82) is 0 Å². The van der Waals surface area contributed by atoms with Crippen LogP contribution in [0.4, 0.5) is 34.1 Å². The second-order valence-corrected chi connectivity index (χ2v) is 16.7. The third-order valence-electron chi connectivity index (χ3n) is 11.4. The Hall–Kier alpha value is -6.72. The highest BCUT2D eigenvalue weighted by Crippen LogP contribution is 2.49. The molecule has 0 bridgehead atoms. The van der Waals surface area contributed by atoms with Crippen molar-refractivity contribution < 1.29 is 0 Å². The van der Waals surface area contributed by atoms with Crippen LogP contribution >= 0.6 is 22.7 Å². The average molecular weight is 749 g/mol. The van der Waals surface area contributed by atoms with E-state index in [1.807, 2.05) is 22.7 Å². The average Bonchev–Trinajstić information content (AvgIpc) is 3.82. The Kier molecular flexibility index (Phi) is 7.00. The summed E-state index contributed by atoms with van der Waals surface area (Å²) in [7, 11) is 0. The van der Waals surface area contributed by atoms with Gasteiger partial charge in [-0.15, -0.1) is 22.7 Å². The molecule has 2 nitrogen and oxygen atoms in total. The third-order valence-corrected chi connectivity index (χ3v) is 13.7. The van der Waals surface area contributed by atoms with Gasteiger partial charge in [-0.1, -0.05) is 109 Å². The zero-order valence-electron chi connectivity index (χ0n) is 30.2. The first-order valence-corrected chi connectivity index (χ1v) is 20.6. The summed E-state index contributed by atoms with van der Waals surface area (Å²) >= 11 is 3.72. The lowest BCUT2D eigenvalue weighted by atomic mass is 9.91. The molecule has 0 amide bonds. The van der Waals surface area contributed by atoms with Crippen molar-refractivity contribution in [3.8, 4) is 0 Å². The molecule has 0 N–H and O–H groups in total. The second-order valence-electron chi connectivity index (χ2n) is 14.5. The predicted octanol–water partition coefficient (Wildman–Crippen LogP) is 16.3. The molecule has 0 radical (unpaired) electrons. The molecule has 262 valence electrons. The summed E-state index contributed by atoms with van der Waals surface area (Å²) in [5, 5.41) is 12.7. The van der Waals surface area contributed by atoms with Gasteiger partial charge in [-0.05, 0) is 106 Å². The van der Waals surface area contributed by atoms with Gasteiger partial charge in [-0.2, -0.15) is 0 Å². The Morgan fingerprint density at radius 3 is 1.12 bits per heavy atom. The first-order valence-electron chi connectivity index (χ1n) is 19.0. The highest BCUT2D eigenvalue weighted by atomic mass is 32.1. The summed E-state index contributed by atoms with van der Waals surface area (Å²) in [5.41, 5.74) is 6.89. The molecule has 0 aliphatic heterocycles. The zero-order chi connectivity index (χ0) is 36.7. The molecule has 10 aromatic carbocycles. The van der Waals surface area contributed by atoms with Crippen molar-refractivity contribution in [1.82, 2.24) is 0 Å². The van der Waals surface area contributed by atoms with E-state index in [1.54, 1.807) is 0 Å². The van der Waals surface area contributed by atoms with E-state index in [2.05, 4.69) is 204 Å². The number of nitrogens with zero attached hydrogens (tertiary/aromatic N) is 2. The van der Waals surface area contributed by atoms with Crippen molar-refractivity contribution in [2.45, 2.75) is 0 Å². The summed E-state index contributed by atoms with van der Waals surface area (Å²) in [6.45, 7) is 0. The lowest BCUT2D eigenvalue weighted by Gasteiger charge is -2.29. The molecule has 0 saturated heterocycles. The molecule has 56 heavy (non-hydrogen) atoms. The van der Waals surface area contributed by atoms with Crippen LogP contribution in [0.1, 0.15) is 0 Å².